The van der Waals surface area contributed by atoms with E-state index >= 15 is 0 Å². The fraction of sp³-hybridized carbons (Fsp3) is 0.0435. The Kier molecular flexibility index (Phi) is 6.65. The minimum atomic E-state index is -0.596. The third-order valence-electron chi connectivity index (χ3n) is 4.31. The maximum absolute atomic E-state index is 13.4. The van der Waals surface area contributed by atoms with E-state index in [9.17, 15) is 13.6 Å². The second-order valence-electron chi connectivity index (χ2n) is 6.58. The predicted octanol–water partition coefficient (Wildman–Crippen LogP) is 6.10. The van der Waals surface area contributed by atoms with E-state index in [1.165, 1.54) is 30.3 Å². The summed E-state index contributed by atoms with van der Waals surface area (Å²) in [5.41, 5.74) is 2.13. The summed E-state index contributed by atoms with van der Waals surface area (Å²) in [6, 6.07) is 15.6. The molecule has 156 valence electrons. The Labute approximate surface area is 204 Å². The number of halogens is 4. The fourth-order valence-electron chi connectivity index (χ4n) is 2.85. The number of esters is 1. The molecular weight excluding hydrogens is 630 g/mol. The Hall–Kier alpha value is -2.34. The lowest BCUT2D eigenvalue weighted by molar-refractivity contribution is -0.129. The lowest BCUT2D eigenvalue weighted by Crippen LogP contribution is -2.05. The zero-order valence-electron chi connectivity index (χ0n) is 15.7. The van der Waals surface area contributed by atoms with Gasteiger partial charge in [-0.05, 0) is 105 Å². The van der Waals surface area contributed by atoms with Crippen molar-refractivity contribution in [2.75, 3.05) is 0 Å². The highest BCUT2D eigenvalue weighted by Gasteiger charge is 2.24. The maximum Gasteiger partial charge on any atom is 0.363 e. The number of aliphatic imine (C=N–C) groups is 1. The first-order valence-corrected chi connectivity index (χ1v) is 11.2. The Morgan fingerprint density at radius 2 is 1.68 bits per heavy atom. The average Bonchev–Trinajstić information content (AvgIpc) is 3.09. The molecule has 0 spiro atoms. The Bertz CT molecular complexity index is 1200. The van der Waals surface area contributed by atoms with Crippen molar-refractivity contribution < 1.29 is 23.0 Å². The zero-order chi connectivity index (χ0) is 22.0. The molecule has 0 aliphatic carbocycles. The van der Waals surface area contributed by atoms with Crippen molar-refractivity contribution in [3.05, 3.63) is 102 Å². The van der Waals surface area contributed by atoms with Crippen LogP contribution in [0.4, 0.5) is 8.78 Å². The summed E-state index contributed by atoms with van der Waals surface area (Å²) in [6.07, 6.45) is 1.61. The molecule has 0 N–H and O–H groups in total. The number of carbonyl (C=O) groups excluding carboxylic acids is 1. The smallest absolute Gasteiger partial charge is 0.363 e. The van der Waals surface area contributed by atoms with Crippen LogP contribution in [0.1, 0.15) is 16.7 Å². The molecule has 0 unspecified atom stereocenters. The van der Waals surface area contributed by atoms with Crippen LogP contribution in [0.5, 0.6) is 5.75 Å². The molecule has 8 heteroatoms. The topological polar surface area (TPSA) is 47.9 Å². The zero-order valence-corrected chi connectivity index (χ0v) is 20.1. The van der Waals surface area contributed by atoms with Crippen molar-refractivity contribution in [2.24, 2.45) is 4.99 Å². The third kappa shape index (κ3) is 5.29. The Balaban J connectivity index is 1.55. The van der Waals surface area contributed by atoms with Crippen LogP contribution >= 0.6 is 45.2 Å². The minimum Gasteiger partial charge on any atom is -0.487 e. The fourth-order valence-corrected chi connectivity index (χ4v) is 4.98. The van der Waals surface area contributed by atoms with Gasteiger partial charge < -0.3 is 9.47 Å². The van der Waals surface area contributed by atoms with Gasteiger partial charge in [-0.1, -0.05) is 18.2 Å². The van der Waals surface area contributed by atoms with Gasteiger partial charge in [-0.15, -0.1) is 0 Å². The van der Waals surface area contributed by atoms with Gasteiger partial charge in [0.05, 0.1) is 7.14 Å². The molecule has 1 heterocycles. The summed E-state index contributed by atoms with van der Waals surface area (Å²) < 4.78 is 39.3. The van der Waals surface area contributed by atoms with E-state index in [2.05, 4.69) is 50.2 Å². The highest BCUT2D eigenvalue weighted by molar-refractivity contribution is 14.1. The molecule has 3 aromatic rings. The lowest BCUT2D eigenvalue weighted by atomic mass is 10.2. The van der Waals surface area contributed by atoms with Gasteiger partial charge in [0.25, 0.3) is 0 Å². The molecule has 4 nitrogen and oxygen atoms in total. The molecule has 0 aromatic heterocycles. The van der Waals surface area contributed by atoms with Gasteiger partial charge in [0.1, 0.15) is 24.0 Å². The maximum atomic E-state index is 13.4. The molecule has 0 fully saturated rings. The van der Waals surface area contributed by atoms with E-state index in [4.69, 9.17) is 9.47 Å². The number of benzene rings is 3. The van der Waals surface area contributed by atoms with E-state index < -0.39 is 11.8 Å². The highest BCUT2D eigenvalue weighted by atomic mass is 127. The van der Waals surface area contributed by atoms with Gasteiger partial charge in [-0.2, -0.15) is 0 Å². The van der Waals surface area contributed by atoms with E-state index in [1.54, 1.807) is 24.3 Å². The predicted molar refractivity (Wildman–Crippen MR) is 130 cm³/mol. The first-order chi connectivity index (χ1) is 14.9. The Morgan fingerprint density at radius 1 is 0.968 bits per heavy atom. The second-order valence-corrected chi connectivity index (χ2v) is 8.90. The van der Waals surface area contributed by atoms with Crippen LogP contribution in [0.3, 0.4) is 0 Å². The molecule has 3 aromatic carbocycles. The highest BCUT2D eigenvalue weighted by Crippen LogP contribution is 2.31. The van der Waals surface area contributed by atoms with Crippen molar-refractivity contribution >= 4 is 63.1 Å². The minimum absolute atomic E-state index is 0.0689. The normalized spacial score (nSPS) is 14.5. The van der Waals surface area contributed by atoms with E-state index in [0.29, 0.717) is 17.9 Å². The summed E-state index contributed by atoms with van der Waals surface area (Å²) >= 11 is 4.31. The van der Waals surface area contributed by atoms with E-state index in [0.717, 1.165) is 18.3 Å². The van der Waals surface area contributed by atoms with Crippen LogP contribution in [0.25, 0.3) is 6.08 Å². The standard InChI is InChI=1S/C23H13F2I2NO3/c24-16-6-4-13(5-7-16)12-30-21-18(26)8-14(9-19(21)27)10-20-23(29)31-22(28-20)15-2-1-3-17(25)11-15/h1-11H,12H2/b20-10-. The van der Waals surface area contributed by atoms with Gasteiger partial charge in [-0.25, -0.2) is 18.6 Å². The lowest BCUT2D eigenvalue weighted by Gasteiger charge is -2.11. The molecule has 0 bridgehead atoms. The quantitative estimate of drug-likeness (QED) is 0.192. The summed E-state index contributed by atoms with van der Waals surface area (Å²) in [4.78, 5) is 16.4. The Morgan fingerprint density at radius 3 is 2.35 bits per heavy atom. The first kappa shape index (κ1) is 21.9. The molecule has 4 rings (SSSR count). The van der Waals surface area contributed by atoms with Crippen molar-refractivity contribution in [1.29, 1.82) is 0 Å². The van der Waals surface area contributed by atoms with Crippen LogP contribution in [0, 0.1) is 18.8 Å². The van der Waals surface area contributed by atoms with Crippen LogP contribution in [-0.4, -0.2) is 11.9 Å². The molecule has 0 amide bonds. The van der Waals surface area contributed by atoms with Crippen molar-refractivity contribution in [3.8, 4) is 5.75 Å². The van der Waals surface area contributed by atoms with Crippen LogP contribution < -0.4 is 4.74 Å². The van der Waals surface area contributed by atoms with Gasteiger partial charge in [0, 0.05) is 5.56 Å². The van der Waals surface area contributed by atoms with Gasteiger partial charge >= 0.3 is 5.97 Å². The van der Waals surface area contributed by atoms with Gasteiger partial charge in [-0.3, -0.25) is 0 Å². The molecular formula is C23H13F2I2NO3. The summed E-state index contributed by atoms with van der Waals surface area (Å²) in [7, 11) is 0. The first-order valence-electron chi connectivity index (χ1n) is 9.04. The molecule has 0 atom stereocenters. The molecule has 0 saturated carbocycles. The summed E-state index contributed by atoms with van der Waals surface area (Å²) in [6.45, 7) is 0.306. The number of ether oxygens (including phenoxy) is 2. The van der Waals surface area contributed by atoms with Gasteiger partial charge in [0.2, 0.25) is 5.90 Å². The SMILES string of the molecule is O=C1OC(c2cccc(F)c2)=N/C1=C\c1cc(I)c(OCc2ccc(F)cc2)c(I)c1. The number of nitrogens with zero attached hydrogens (tertiary/aromatic N) is 1. The van der Waals surface area contributed by atoms with Crippen LogP contribution in [0.2, 0.25) is 0 Å². The number of rotatable bonds is 5. The molecule has 1 aliphatic heterocycles. The molecule has 1 aliphatic rings. The number of carbonyl (C=O) groups is 1. The average molecular weight is 643 g/mol. The molecule has 0 saturated heterocycles. The molecule has 31 heavy (non-hydrogen) atoms. The monoisotopic (exact) mass is 643 g/mol. The number of hydrogen-bond acceptors (Lipinski definition) is 4. The summed E-state index contributed by atoms with van der Waals surface area (Å²) in [5, 5.41) is 0. The summed E-state index contributed by atoms with van der Waals surface area (Å²) in [5.74, 6) is -0.557. The number of cyclic esters (lactones) is 1. The van der Waals surface area contributed by atoms with E-state index in [-0.39, 0.29) is 17.4 Å². The van der Waals surface area contributed by atoms with Crippen molar-refractivity contribution in [3.63, 3.8) is 0 Å². The second kappa shape index (κ2) is 9.43. The van der Waals surface area contributed by atoms with Crippen LogP contribution in [-0.2, 0) is 16.1 Å². The largest absolute Gasteiger partial charge is 0.487 e. The molecule has 0 radical (unpaired) electrons. The van der Waals surface area contributed by atoms with Crippen LogP contribution in [0.15, 0.2) is 71.4 Å². The number of hydrogen-bond donors (Lipinski definition) is 0. The van der Waals surface area contributed by atoms with Crippen molar-refractivity contribution in [2.45, 2.75) is 6.61 Å². The van der Waals surface area contributed by atoms with Crippen molar-refractivity contribution in [1.82, 2.24) is 0 Å². The third-order valence-corrected chi connectivity index (χ3v) is 5.92. The van der Waals surface area contributed by atoms with E-state index in [1.807, 2.05) is 12.1 Å². The van der Waals surface area contributed by atoms with Gasteiger partial charge in [0.15, 0.2) is 5.70 Å².